The molecule has 0 aliphatic heterocycles. The van der Waals surface area contributed by atoms with Crippen LogP contribution in [0.2, 0.25) is 5.02 Å². The molecule has 20 heavy (non-hydrogen) atoms. The number of methoxy groups -OCH3 is 1. The Morgan fingerprint density at radius 2 is 2.20 bits per heavy atom. The minimum absolute atomic E-state index is 0.00707. The third-order valence-corrected chi connectivity index (χ3v) is 4.48. The molecule has 1 unspecified atom stereocenters. The molecule has 0 aliphatic rings. The molecule has 5 heteroatoms. The molecule has 0 spiro atoms. The molecule has 0 bridgehead atoms. The molecule has 1 aromatic carbocycles. The van der Waals surface area contributed by atoms with E-state index in [1.807, 2.05) is 42.8 Å². The summed E-state index contributed by atoms with van der Waals surface area (Å²) in [7, 11) is 3.58. The van der Waals surface area contributed by atoms with Gasteiger partial charge in [-0.3, -0.25) is 0 Å². The lowest BCUT2D eigenvalue weighted by Crippen LogP contribution is -2.15. The highest BCUT2D eigenvalue weighted by atomic mass is 35.5. The Balaban J connectivity index is 2.04. The van der Waals surface area contributed by atoms with Crippen LogP contribution in [0.25, 0.3) is 11.0 Å². The van der Waals surface area contributed by atoms with E-state index in [2.05, 4.69) is 5.32 Å². The number of para-hydroxylation sites is 1. The number of rotatable bonds is 4. The van der Waals surface area contributed by atoms with E-state index in [1.54, 1.807) is 18.4 Å². The Labute approximate surface area is 126 Å². The number of ether oxygens (including phenoxy) is 1. The Bertz CT molecular complexity index is 734. The van der Waals surface area contributed by atoms with Gasteiger partial charge in [0.2, 0.25) is 0 Å². The lowest BCUT2D eigenvalue weighted by molar-refractivity contribution is 0.415. The molecule has 0 fully saturated rings. The fraction of sp³-hybridized carbons (Fsp3) is 0.200. The molecule has 3 rings (SSSR count). The minimum atomic E-state index is -0.00707. The summed E-state index contributed by atoms with van der Waals surface area (Å²) in [4.78, 5) is 1.14. The van der Waals surface area contributed by atoms with E-state index in [9.17, 15) is 0 Å². The summed E-state index contributed by atoms with van der Waals surface area (Å²) in [5.41, 5.74) is 0.730. The van der Waals surface area contributed by atoms with Crippen molar-refractivity contribution in [3.05, 3.63) is 51.4 Å². The van der Waals surface area contributed by atoms with Gasteiger partial charge in [-0.15, -0.1) is 11.3 Å². The first-order chi connectivity index (χ1) is 9.72. The molecule has 0 amide bonds. The SMILES string of the molecule is CNC(c1cc2cccc(Cl)c2o1)c1cc(OC)cs1. The number of hydrogen-bond acceptors (Lipinski definition) is 4. The van der Waals surface area contributed by atoms with Crippen molar-refractivity contribution < 1.29 is 9.15 Å². The fourth-order valence-electron chi connectivity index (χ4n) is 2.21. The van der Waals surface area contributed by atoms with Gasteiger partial charge in [-0.1, -0.05) is 23.7 Å². The second kappa shape index (κ2) is 5.48. The van der Waals surface area contributed by atoms with E-state index in [1.165, 1.54) is 0 Å². The predicted octanol–water partition coefficient (Wildman–Crippen LogP) is 4.47. The van der Waals surface area contributed by atoms with Crippen molar-refractivity contribution in [1.82, 2.24) is 5.32 Å². The summed E-state index contributed by atoms with van der Waals surface area (Å²) in [6.45, 7) is 0. The Morgan fingerprint density at radius 3 is 2.85 bits per heavy atom. The standard InChI is InChI=1S/C15H14ClNO2S/c1-17-14(13-7-10(18-2)8-20-13)12-6-9-4-3-5-11(16)15(9)19-12/h3-8,14,17H,1-2H3. The summed E-state index contributed by atoms with van der Waals surface area (Å²) in [6.07, 6.45) is 0. The highest BCUT2D eigenvalue weighted by Gasteiger charge is 2.19. The van der Waals surface area contributed by atoms with Crippen molar-refractivity contribution in [1.29, 1.82) is 0 Å². The first kappa shape index (κ1) is 13.5. The molecule has 0 saturated carbocycles. The van der Waals surface area contributed by atoms with E-state index >= 15 is 0 Å². The second-order valence-corrected chi connectivity index (χ2v) is 5.77. The monoisotopic (exact) mass is 307 g/mol. The Kier molecular flexibility index (Phi) is 3.70. The van der Waals surface area contributed by atoms with Gasteiger partial charge in [-0.05, 0) is 25.2 Å². The van der Waals surface area contributed by atoms with Gasteiger partial charge in [-0.2, -0.15) is 0 Å². The maximum Gasteiger partial charge on any atom is 0.152 e. The topological polar surface area (TPSA) is 34.4 Å². The maximum atomic E-state index is 6.16. The third-order valence-electron chi connectivity index (χ3n) is 3.20. The highest BCUT2D eigenvalue weighted by molar-refractivity contribution is 7.10. The van der Waals surface area contributed by atoms with Gasteiger partial charge in [0.25, 0.3) is 0 Å². The summed E-state index contributed by atoms with van der Waals surface area (Å²) in [6, 6.07) is 9.78. The van der Waals surface area contributed by atoms with E-state index < -0.39 is 0 Å². The van der Waals surface area contributed by atoms with Crippen LogP contribution >= 0.6 is 22.9 Å². The number of halogens is 1. The van der Waals surface area contributed by atoms with Crippen LogP contribution in [0, 0.1) is 0 Å². The van der Waals surface area contributed by atoms with Gasteiger partial charge in [0.05, 0.1) is 12.1 Å². The zero-order valence-electron chi connectivity index (χ0n) is 11.1. The molecule has 0 aliphatic carbocycles. The van der Waals surface area contributed by atoms with Crippen molar-refractivity contribution >= 4 is 33.9 Å². The fourth-order valence-corrected chi connectivity index (χ4v) is 3.40. The average Bonchev–Trinajstić information content (AvgIpc) is 3.07. The number of nitrogens with one attached hydrogen (secondary N) is 1. The maximum absolute atomic E-state index is 6.16. The van der Waals surface area contributed by atoms with E-state index in [4.69, 9.17) is 20.8 Å². The van der Waals surface area contributed by atoms with Crippen molar-refractivity contribution in [3.8, 4) is 5.75 Å². The molecular weight excluding hydrogens is 294 g/mol. The van der Waals surface area contributed by atoms with Crippen LogP contribution in [0.15, 0.2) is 40.1 Å². The van der Waals surface area contributed by atoms with Gasteiger partial charge in [-0.25, -0.2) is 0 Å². The van der Waals surface area contributed by atoms with Crippen LogP contribution in [0.3, 0.4) is 0 Å². The van der Waals surface area contributed by atoms with Crippen LogP contribution in [0.5, 0.6) is 5.75 Å². The van der Waals surface area contributed by atoms with E-state index in [0.29, 0.717) is 5.02 Å². The quantitative estimate of drug-likeness (QED) is 0.772. The summed E-state index contributed by atoms with van der Waals surface area (Å²) >= 11 is 7.79. The van der Waals surface area contributed by atoms with Crippen LogP contribution < -0.4 is 10.1 Å². The lowest BCUT2D eigenvalue weighted by Gasteiger charge is -2.10. The summed E-state index contributed by atoms with van der Waals surface area (Å²) < 4.78 is 11.2. The van der Waals surface area contributed by atoms with Gasteiger partial charge in [0, 0.05) is 15.6 Å². The van der Waals surface area contributed by atoms with E-state index in [-0.39, 0.29) is 6.04 Å². The zero-order chi connectivity index (χ0) is 14.1. The van der Waals surface area contributed by atoms with Crippen molar-refractivity contribution in [2.75, 3.05) is 14.2 Å². The Hall–Kier alpha value is -1.49. The number of thiophene rings is 1. The molecular formula is C15H14ClNO2S. The van der Waals surface area contributed by atoms with Gasteiger partial charge in [0.1, 0.15) is 17.6 Å². The normalized spacial score (nSPS) is 12.8. The van der Waals surface area contributed by atoms with Crippen molar-refractivity contribution in [3.63, 3.8) is 0 Å². The van der Waals surface area contributed by atoms with Crippen LogP contribution in [0.4, 0.5) is 0 Å². The molecule has 0 radical (unpaired) electrons. The third kappa shape index (κ3) is 2.30. The van der Waals surface area contributed by atoms with Crippen LogP contribution in [0.1, 0.15) is 16.7 Å². The second-order valence-electron chi connectivity index (χ2n) is 4.42. The number of furan rings is 1. The summed E-state index contributed by atoms with van der Waals surface area (Å²) in [5.74, 6) is 1.71. The zero-order valence-corrected chi connectivity index (χ0v) is 12.7. The average molecular weight is 308 g/mol. The number of benzene rings is 1. The van der Waals surface area contributed by atoms with Crippen molar-refractivity contribution in [2.24, 2.45) is 0 Å². The molecule has 2 aromatic heterocycles. The van der Waals surface area contributed by atoms with Crippen molar-refractivity contribution in [2.45, 2.75) is 6.04 Å². The van der Waals surface area contributed by atoms with Gasteiger partial charge in [0.15, 0.2) is 5.58 Å². The summed E-state index contributed by atoms with van der Waals surface area (Å²) in [5, 5.41) is 6.89. The Morgan fingerprint density at radius 1 is 1.35 bits per heavy atom. The largest absolute Gasteiger partial charge is 0.496 e. The smallest absolute Gasteiger partial charge is 0.152 e. The van der Waals surface area contributed by atoms with Gasteiger partial charge < -0.3 is 14.5 Å². The molecule has 2 heterocycles. The first-order valence-corrected chi connectivity index (χ1v) is 7.46. The molecule has 1 N–H and O–H groups in total. The molecule has 0 saturated heterocycles. The lowest BCUT2D eigenvalue weighted by atomic mass is 10.1. The highest BCUT2D eigenvalue weighted by Crippen LogP contribution is 2.35. The molecule has 3 nitrogen and oxygen atoms in total. The van der Waals surface area contributed by atoms with Crippen LogP contribution in [-0.4, -0.2) is 14.2 Å². The molecule has 3 aromatic rings. The predicted molar refractivity (Wildman–Crippen MR) is 83.0 cm³/mol. The number of fused-ring (bicyclic) bond motifs is 1. The minimum Gasteiger partial charge on any atom is -0.496 e. The van der Waals surface area contributed by atoms with Crippen LogP contribution in [-0.2, 0) is 0 Å². The van der Waals surface area contributed by atoms with E-state index in [0.717, 1.165) is 27.4 Å². The molecule has 1 atom stereocenters. The number of hydrogen-bond donors (Lipinski definition) is 1. The first-order valence-electron chi connectivity index (χ1n) is 6.20. The van der Waals surface area contributed by atoms with Gasteiger partial charge >= 0.3 is 0 Å². The molecule has 104 valence electrons.